The van der Waals surface area contributed by atoms with Gasteiger partial charge in [0, 0.05) is 12.7 Å². The third-order valence-electron chi connectivity index (χ3n) is 4.45. The SMILES string of the molecule is COc1ccc(C(=O)Nc2ccc3c(c2)C(=O)N(C)CCO3)c(OC)c1OC. The summed E-state index contributed by atoms with van der Waals surface area (Å²) in [5.74, 6) is 0.959. The first-order valence-corrected chi connectivity index (χ1v) is 8.62. The number of hydrogen-bond acceptors (Lipinski definition) is 6. The van der Waals surface area contributed by atoms with Crippen molar-refractivity contribution in [2.75, 3.05) is 46.8 Å². The predicted octanol–water partition coefficient (Wildman–Crippen LogP) is 2.43. The Kier molecular flexibility index (Phi) is 5.58. The summed E-state index contributed by atoms with van der Waals surface area (Å²) in [7, 11) is 6.13. The molecule has 1 N–H and O–H groups in total. The maximum absolute atomic E-state index is 12.8. The van der Waals surface area contributed by atoms with Crippen LogP contribution in [0.4, 0.5) is 5.69 Å². The van der Waals surface area contributed by atoms with Crippen LogP contribution in [0, 0.1) is 0 Å². The van der Waals surface area contributed by atoms with E-state index in [1.54, 1.807) is 42.3 Å². The van der Waals surface area contributed by atoms with Gasteiger partial charge >= 0.3 is 0 Å². The van der Waals surface area contributed by atoms with Crippen LogP contribution in [-0.2, 0) is 0 Å². The summed E-state index contributed by atoms with van der Waals surface area (Å²) in [5.41, 5.74) is 1.14. The van der Waals surface area contributed by atoms with Crippen LogP contribution in [-0.4, -0.2) is 58.2 Å². The Hall–Kier alpha value is -3.42. The first-order chi connectivity index (χ1) is 13.5. The van der Waals surface area contributed by atoms with Gasteiger partial charge in [0.25, 0.3) is 11.8 Å². The summed E-state index contributed by atoms with van der Waals surface area (Å²) in [6.45, 7) is 0.918. The molecule has 0 aliphatic carbocycles. The minimum atomic E-state index is -0.409. The van der Waals surface area contributed by atoms with E-state index in [9.17, 15) is 9.59 Å². The second-order valence-corrected chi connectivity index (χ2v) is 6.12. The summed E-state index contributed by atoms with van der Waals surface area (Å²) in [6, 6.07) is 8.17. The van der Waals surface area contributed by atoms with Crippen LogP contribution in [0.1, 0.15) is 20.7 Å². The molecule has 0 fully saturated rings. The van der Waals surface area contributed by atoms with Crippen LogP contribution in [0.2, 0.25) is 0 Å². The zero-order chi connectivity index (χ0) is 20.3. The second-order valence-electron chi connectivity index (χ2n) is 6.12. The number of carbonyl (C=O) groups excluding carboxylic acids is 2. The van der Waals surface area contributed by atoms with Gasteiger partial charge in [-0.3, -0.25) is 9.59 Å². The van der Waals surface area contributed by atoms with Crippen LogP contribution >= 0.6 is 0 Å². The van der Waals surface area contributed by atoms with E-state index in [4.69, 9.17) is 18.9 Å². The van der Waals surface area contributed by atoms with Crippen LogP contribution in [0.5, 0.6) is 23.0 Å². The molecule has 0 unspecified atom stereocenters. The quantitative estimate of drug-likeness (QED) is 0.849. The molecule has 8 heteroatoms. The third-order valence-corrected chi connectivity index (χ3v) is 4.45. The summed E-state index contributed by atoms with van der Waals surface area (Å²) in [5, 5.41) is 2.79. The van der Waals surface area contributed by atoms with Gasteiger partial charge < -0.3 is 29.2 Å². The molecule has 3 rings (SSSR count). The number of likely N-dealkylation sites (N-methyl/N-ethyl adjacent to an activating group) is 1. The van der Waals surface area contributed by atoms with E-state index in [-0.39, 0.29) is 17.2 Å². The number of nitrogens with one attached hydrogen (secondary N) is 1. The van der Waals surface area contributed by atoms with E-state index in [1.807, 2.05) is 0 Å². The molecule has 1 aliphatic rings. The van der Waals surface area contributed by atoms with Gasteiger partial charge in [0.05, 0.1) is 39.0 Å². The van der Waals surface area contributed by atoms with Gasteiger partial charge in [-0.05, 0) is 30.3 Å². The fourth-order valence-electron chi connectivity index (χ4n) is 2.98. The van der Waals surface area contributed by atoms with Crippen LogP contribution in [0.25, 0.3) is 0 Å². The molecule has 1 aliphatic heterocycles. The number of fused-ring (bicyclic) bond motifs is 1. The lowest BCUT2D eigenvalue weighted by atomic mass is 10.1. The van der Waals surface area contributed by atoms with Crippen molar-refractivity contribution < 1.29 is 28.5 Å². The van der Waals surface area contributed by atoms with E-state index in [1.165, 1.54) is 21.3 Å². The Morgan fingerprint density at radius 2 is 1.82 bits per heavy atom. The van der Waals surface area contributed by atoms with Crippen LogP contribution < -0.4 is 24.3 Å². The minimum Gasteiger partial charge on any atom is -0.493 e. The zero-order valence-electron chi connectivity index (χ0n) is 16.2. The van der Waals surface area contributed by atoms with Gasteiger partial charge in [-0.2, -0.15) is 0 Å². The fraction of sp³-hybridized carbons (Fsp3) is 0.300. The largest absolute Gasteiger partial charge is 0.493 e. The summed E-state index contributed by atoms with van der Waals surface area (Å²) >= 11 is 0. The van der Waals surface area contributed by atoms with E-state index in [0.29, 0.717) is 41.7 Å². The monoisotopic (exact) mass is 386 g/mol. The Bertz CT molecular complexity index is 912. The Balaban J connectivity index is 1.92. The Morgan fingerprint density at radius 3 is 2.50 bits per heavy atom. The highest BCUT2D eigenvalue weighted by Crippen LogP contribution is 2.40. The first-order valence-electron chi connectivity index (χ1n) is 8.62. The second kappa shape index (κ2) is 8.08. The number of anilines is 1. The highest BCUT2D eigenvalue weighted by molar-refractivity contribution is 6.08. The van der Waals surface area contributed by atoms with E-state index >= 15 is 0 Å². The number of hydrogen-bond donors (Lipinski definition) is 1. The number of amides is 2. The van der Waals surface area contributed by atoms with Crippen LogP contribution in [0.3, 0.4) is 0 Å². The molecule has 0 radical (unpaired) electrons. The van der Waals surface area contributed by atoms with Gasteiger partial charge in [0.1, 0.15) is 12.4 Å². The number of rotatable bonds is 5. The number of benzene rings is 2. The Morgan fingerprint density at radius 1 is 1.07 bits per heavy atom. The molecule has 28 heavy (non-hydrogen) atoms. The van der Waals surface area contributed by atoms with Crippen molar-refractivity contribution in [3.05, 3.63) is 41.5 Å². The molecule has 0 saturated carbocycles. The minimum absolute atomic E-state index is 0.160. The molecule has 0 saturated heterocycles. The van der Waals surface area contributed by atoms with Gasteiger partial charge in [-0.1, -0.05) is 0 Å². The summed E-state index contributed by atoms with van der Waals surface area (Å²) < 4.78 is 21.5. The van der Waals surface area contributed by atoms with E-state index in [2.05, 4.69) is 5.32 Å². The Labute approximate surface area is 162 Å². The molecule has 0 atom stereocenters. The predicted molar refractivity (Wildman–Crippen MR) is 103 cm³/mol. The highest BCUT2D eigenvalue weighted by Gasteiger charge is 2.23. The highest BCUT2D eigenvalue weighted by atomic mass is 16.5. The lowest BCUT2D eigenvalue weighted by molar-refractivity contribution is 0.0796. The van der Waals surface area contributed by atoms with Crippen molar-refractivity contribution in [2.45, 2.75) is 0 Å². The average molecular weight is 386 g/mol. The molecule has 2 amide bonds. The maximum Gasteiger partial charge on any atom is 0.259 e. The van der Waals surface area contributed by atoms with Crippen molar-refractivity contribution >= 4 is 17.5 Å². The molecule has 2 aromatic carbocycles. The van der Waals surface area contributed by atoms with Gasteiger partial charge in [-0.15, -0.1) is 0 Å². The fourth-order valence-corrected chi connectivity index (χ4v) is 2.98. The number of nitrogens with zero attached hydrogens (tertiary/aromatic N) is 1. The van der Waals surface area contributed by atoms with Gasteiger partial charge in [0.2, 0.25) is 5.75 Å². The first kappa shape index (κ1) is 19.3. The zero-order valence-corrected chi connectivity index (χ0v) is 16.2. The smallest absolute Gasteiger partial charge is 0.259 e. The molecule has 0 spiro atoms. The van der Waals surface area contributed by atoms with Crippen molar-refractivity contribution in [3.63, 3.8) is 0 Å². The molecule has 1 heterocycles. The van der Waals surface area contributed by atoms with Crippen molar-refractivity contribution in [1.29, 1.82) is 0 Å². The van der Waals surface area contributed by atoms with Crippen molar-refractivity contribution in [1.82, 2.24) is 4.90 Å². The van der Waals surface area contributed by atoms with E-state index in [0.717, 1.165) is 0 Å². The molecular weight excluding hydrogens is 364 g/mol. The standard InChI is InChI=1S/C20H22N2O6/c1-22-9-10-28-15-7-5-12(11-14(15)20(22)24)21-19(23)13-6-8-16(25-2)18(27-4)17(13)26-3/h5-8,11H,9-10H2,1-4H3,(H,21,23). The lowest BCUT2D eigenvalue weighted by Gasteiger charge is -2.16. The number of carbonyl (C=O) groups is 2. The summed E-state index contributed by atoms with van der Waals surface area (Å²) in [4.78, 5) is 26.9. The molecule has 148 valence electrons. The molecular formula is C20H22N2O6. The van der Waals surface area contributed by atoms with Crippen molar-refractivity contribution in [3.8, 4) is 23.0 Å². The molecule has 0 aromatic heterocycles. The lowest BCUT2D eigenvalue weighted by Crippen LogP contribution is -2.27. The topological polar surface area (TPSA) is 86.3 Å². The van der Waals surface area contributed by atoms with Gasteiger partial charge in [0.15, 0.2) is 11.5 Å². The van der Waals surface area contributed by atoms with Gasteiger partial charge in [-0.25, -0.2) is 0 Å². The average Bonchev–Trinajstić information content (AvgIpc) is 2.85. The number of ether oxygens (including phenoxy) is 4. The normalized spacial score (nSPS) is 13.1. The summed E-state index contributed by atoms with van der Waals surface area (Å²) in [6.07, 6.45) is 0. The molecule has 8 nitrogen and oxygen atoms in total. The van der Waals surface area contributed by atoms with E-state index < -0.39 is 5.91 Å². The van der Waals surface area contributed by atoms with Crippen molar-refractivity contribution in [2.24, 2.45) is 0 Å². The molecule has 2 aromatic rings. The maximum atomic E-state index is 12.8. The third kappa shape index (κ3) is 3.53. The van der Waals surface area contributed by atoms with Crippen LogP contribution in [0.15, 0.2) is 30.3 Å². The number of methoxy groups -OCH3 is 3. The molecule has 0 bridgehead atoms.